The van der Waals surface area contributed by atoms with Gasteiger partial charge in [-0.25, -0.2) is 4.39 Å². The summed E-state index contributed by atoms with van der Waals surface area (Å²) < 4.78 is 35.8. The molecule has 0 aliphatic heterocycles. The summed E-state index contributed by atoms with van der Waals surface area (Å²) in [4.78, 5) is 50.0. The van der Waals surface area contributed by atoms with Gasteiger partial charge in [-0.3, -0.25) is 19.2 Å². The molecule has 208 valence electrons. The number of hydrogen-bond acceptors (Lipinski definition) is 7. The first-order valence-corrected chi connectivity index (χ1v) is 17.2. The van der Waals surface area contributed by atoms with Gasteiger partial charge in [0.05, 0.1) is 6.10 Å². The van der Waals surface area contributed by atoms with Crippen molar-refractivity contribution in [2.24, 2.45) is 28.6 Å². The largest absolute Gasteiger partial charge is 0.458 e. The van der Waals surface area contributed by atoms with Crippen LogP contribution in [0.2, 0.25) is 19.6 Å². The Hall–Kier alpha value is -1.61. The third kappa shape index (κ3) is 4.32. The van der Waals surface area contributed by atoms with Gasteiger partial charge in [0.15, 0.2) is 20.5 Å². The second-order valence-electron chi connectivity index (χ2n) is 13.4. The van der Waals surface area contributed by atoms with E-state index in [1.54, 1.807) is 0 Å². The summed E-state index contributed by atoms with van der Waals surface area (Å²) in [7, 11) is -2.25. The Balaban J connectivity index is 1.83. The van der Waals surface area contributed by atoms with Crippen LogP contribution < -0.4 is 0 Å². The van der Waals surface area contributed by atoms with E-state index >= 15 is 4.39 Å². The lowest BCUT2D eigenvalue weighted by atomic mass is 9.42. The molecule has 0 spiro atoms. The van der Waals surface area contributed by atoms with Gasteiger partial charge in [0.1, 0.15) is 11.5 Å². The van der Waals surface area contributed by atoms with Gasteiger partial charge in [-0.05, 0) is 75.9 Å². The van der Waals surface area contributed by atoms with Crippen LogP contribution in [0, 0.1) is 28.6 Å². The number of ketones is 2. The minimum atomic E-state index is -2.25. The van der Waals surface area contributed by atoms with Crippen molar-refractivity contribution in [2.75, 3.05) is 6.61 Å². The topological polar surface area (TPSA) is 96.0 Å². The molecule has 4 aliphatic rings. The predicted octanol–water partition coefficient (Wildman–Crippen LogP) is 4.95. The van der Waals surface area contributed by atoms with E-state index in [9.17, 15) is 19.2 Å². The fourth-order valence-corrected chi connectivity index (χ4v) is 9.88. The Morgan fingerprint density at radius 3 is 2.24 bits per heavy atom. The van der Waals surface area contributed by atoms with E-state index in [0.717, 1.165) is 6.42 Å². The molecule has 0 bridgehead atoms. The number of esters is 2. The van der Waals surface area contributed by atoms with Gasteiger partial charge in [0, 0.05) is 37.5 Å². The van der Waals surface area contributed by atoms with Crippen molar-refractivity contribution in [3.63, 3.8) is 0 Å². The van der Waals surface area contributed by atoms with Crippen LogP contribution in [0.15, 0.2) is 0 Å². The summed E-state index contributed by atoms with van der Waals surface area (Å²) in [6, 6.07) is 0. The smallest absolute Gasteiger partial charge is 0.303 e. The van der Waals surface area contributed by atoms with Crippen molar-refractivity contribution < 1.29 is 37.5 Å². The Kier molecular flexibility index (Phi) is 7.10. The Morgan fingerprint density at radius 1 is 0.973 bits per heavy atom. The van der Waals surface area contributed by atoms with Crippen molar-refractivity contribution in [3.05, 3.63) is 0 Å². The number of halogens is 1. The minimum absolute atomic E-state index is 0.0303. The van der Waals surface area contributed by atoms with Crippen LogP contribution in [0.1, 0.15) is 79.1 Å². The third-order valence-electron chi connectivity index (χ3n) is 10.3. The Morgan fingerprint density at radius 2 is 1.65 bits per heavy atom. The van der Waals surface area contributed by atoms with Gasteiger partial charge in [0.25, 0.3) is 0 Å². The first kappa shape index (κ1) is 28.4. The number of carbonyl (C=O) groups excluding carboxylic acids is 4. The van der Waals surface area contributed by atoms with Gasteiger partial charge in [0.2, 0.25) is 5.78 Å². The number of fused-ring (bicyclic) bond motifs is 5. The van der Waals surface area contributed by atoms with Crippen LogP contribution in [-0.4, -0.2) is 55.8 Å². The quantitative estimate of drug-likeness (QED) is 0.349. The van der Waals surface area contributed by atoms with Crippen LogP contribution in [0.3, 0.4) is 0 Å². The molecule has 0 amide bonds. The number of ether oxygens (including phenoxy) is 2. The van der Waals surface area contributed by atoms with Crippen LogP contribution in [0.25, 0.3) is 0 Å². The van der Waals surface area contributed by atoms with Crippen LogP contribution in [0.5, 0.6) is 0 Å². The number of Topliss-reactive ketones (excluding diaryl/α,β-unsaturated/α-hetero) is 2. The number of hydrogen-bond donors (Lipinski definition) is 0. The van der Waals surface area contributed by atoms with E-state index in [-0.39, 0.29) is 36.4 Å². The highest BCUT2D eigenvalue weighted by atomic mass is 28.4. The highest BCUT2D eigenvalue weighted by Crippen LogP contribution is 2.72. The molecule has 7 nitrogen and oxygen atoms in total. The number of alkyl halides is 1. The molecule has 4 aliphatic carbocycles. The van der Waals surface area contributed by atoms with Crippen molar-refractivity contribution in [2.45, 2.75) is 116 Å². The standard InChI is InChI=1S/C28H43FO7Si/c1-17(30)34-16-23(33)27(35-18(2)31)13-11-21-22-9-8-19-14-20(32)10-12-25(19,3)28(22,29)24(15-26(21,27)4)36-37(5,6)7/h19,21-22,24H,8-16H2,1-7H3/t19-,21-,22-,24-,25-,26-,27-,28-/m0/s1. The third-order valence-corrected chi connectivity index (χ3v) is 11.3. The molecular weight excluding hydrogens is 495 g/mol. The zero-order valence-corrected chi connectivity index (χ0v) is 24.4. The molecular formula is C28H43FO7Si. The molecule has 8 atom stereocenters. The summed E-state index contributed by atoms with van der Waals surface area (Å²) >= 11 is 0. The first-order chi connectivity index (χ1) is 17.0. The van der Waals surface area contributed by atoms with E-state index < -0.39 is 60.8 Å². The molecule has 0 aromatic rings. The van der Waals surface area contributed by atoms with Gasteiger partial charge in [-0.15, -0.1) is 0 Å². The molecule has 0 radical (unpaired) electrons. The maximum absolute atomic E-state index is 18.2. The van der Waals surface area contributed by atoms with Crippen molar-refractivity contribution in [1.82, 2.24) is 0 Å². The average Bonchev–Trinajstić information content (AvgIpc) is 3.04. The van der Waals surface area contributed by atoms with E-state index in [1.165, 1.54) is 13.8 Å². The van der Waals surface area contributed by atoms with Gasteiger partial charge < -0.3 is 13.9 Å². The molecule has 37 heavy (non-hydrogen) atoms. The van der Waals surface area contributed by atoms with Gasteiger partial charge >= 0.3 is 11.9 Å². The Labute approximate surface area is 220 Å². The van der Waals surface area contributed by atoms with E-state index in [2.05, 4.69) is 0 Å². The normalized spacial score (nSPS) is 43.3. The summed E-state index contributed by atoms with van der Waals surface area (Å²) in [6.45, 7) is 12.1. The molecule has 4 saturated carbocycles. The maximum atomic E-state index is 18.2. The maximum Gasteiger partial charge on any atom is 0.303 e. The molecule has 0 aromatic heterocycles. The summed E-state index contributed by atoms with van der Waals surface area (Å²) in [6.07, 6.45) is 2.88. The molecule has 0 N–H and O–H groups in total. The highest BCUT2D eigenvalue weighted by molar-refractivity contribution is 6.69. The van der Waals surface area contributed by atoms with Gasteiger partial charge in [-0.2, -0.15) is 0 Å². The number of rotatable bonds is 6. The first-order valence-electron chi connectivity index (χ1n) is 13.7. The minimum Gasteiger partial charge on any atom is -0.458 e. The second-order valence-corrected chi connectivity index (χ2v) is 17.9. The average molecular weight is 539 g/mol. The predicted molar refractivity (Wildman–Crippen MR) is 137 cm³/mol. The lowest BCUT2D eigenvalue weighted by Crippen LogP contribution is -2.72. The summed E-state index contributed by atoms with van der Waals surface area (Å²) in [5, 5.41) is 0. The summed E-state index contributed by atoms with van der Waals surface area (Å²) in [5.74, 6) is -2.05. The fourth-order valence-electron chi connectivity index (χ4n) is 8.77. The SMILES string of the molecule is CC(=O)OCC(=O)[C@@]1(OC(C)=O)CC[C@H]2[C@@H]3CC[C@H]4CC(=O)CC[C@]4(C)[C@@]3(F)[C@@H](O[Si](C)(C)C)C[C@@]21C. The molecule has 0 saturated heterocycles. The molecule has 0 unspecified atom stereocenters. The zero-order valence-electron chi connectivity index (χ0n) is 23.4. The summed E-state index contributed by atoms with van der Waals surface area (Å²) in [5.41, 5.74) is -4.76. The van der Waals surface area contributed by atoms with Crippen LogP contribution in [0.4, 0.5) is 4.39 Å². The molecule has 0 heterocycles. The lowest BCUT2D eigenvalue weighted by molar-refractivity contribution is -0.252. The lowest BCUT2D eigenvalue weighted by Gasteiger charge is -2.66. The van der Waals surface area contributed by atoms with Crippen molar-refractivity contribution in [1.29, 1.82) is 0 Å². The van der Waals surface area contributed by atoms with Crippen LogP contribution >= 0.6 is 0 Å². The van der Waals surface area contributed by atoms with Crippen molar-refractivity contribution in [3.8, 4) is 0 Å². The molecule has 4 fully saturated rings. The van der Waals surface area contributed by atoms with Gasteiger partial charge in [-0.1, -0.05) is 13.8 Å². The highest BCUT2D eigenvalue weighted by Gasteiger charge is 2.76. The molecule has 0 aromatic carbocycles. The van der Waals surface area contributed by atoms with Crippen molar-refractivity contribution >= 4 is 31.8 Å². The van der Waals surface area contributed by atoms with Crippen LogP contribution in [-0.2, 0) is 33.1 Å². The monoisotopic (exact) mass is 538 g/mol. The Bertz CT molecular complexity index is 994. The van der Waals surface area contributed by atoms with E-state index in [1.807, 2.05) is 33.5 Å². The zero-order chi connectivity index (χ0) is 27.6. The number of carbonyl (C=O) groups is 4. The second kappa shape index (κ2) is 9.25. The fraction of sp³-hybridized carbons (Fsp3) is 0.857. The molecule has 9 heteroatoms. The molecule has 4 rings (SSSR count). The van der Waals surface area contributed by atoms with E-state index in [0.29, 0.717) is 32.1 Å². The van der Waals surface area contributed by atoms with E-state index in [4.69, 9.17) is 13.9 Å².